The van der Waals surface area contributed by atoms with Gasteiger partial charge in [0.2, 0.25) is 0 Å². The molecule has 1 aromatic heterocycles. The van der Waals surface area contributed by atoms with Crippen molar-refractivity contribution < 1.29 is 14.3 Å². The van der Waals surface area contributed by atoms with Crippen LogP contribution in [0, 0.1) is 0 Å². The molecule has 29 heavy (non-hydrogen) atoms. The predicted octanol–water partition coefficient (Wildman–Crippen LogP) is 4.00. The number of methoxy groups -OCH3 is 1. The van der Waals surface area contributed by atoms with Gasteiger partial charge in [-0.05, 0) is 36.8 Å². The van der Waals surface area contributed by atoms with E-state index >= 15 is 0 Å². The summed E-state index contributed by atoms with van der Waals surface area (Å²) >= 11 is 0. The molecule has 0 aliphatic carbocycles. The van der Waals surface area contributed by atoms with Crippen LogP contribution < -0.4 is 10.1 Å². The summed E-state index contributed by atoms with van der Waals surface area (Å²) in [6.07, 6.45) is 0. The Kier molecular flexibility index (Phi) is 6.58. The fourth-order valence-electron chi connectivity index (χ4n) is 2.87. The summed E-state index contributed by atoms with van der Waals surface area (Å²) in [6, 6.07) is 21.7. The van der Waals surface area contributed by atoms with Crippen molar-refractivity contribution >= 4 is 17.5 Å². The van der Waals surface area contributed by atoms with Gasteiger partial charge >= 0.3 is 0 Å². The number of benzene rings is 2. The molecule has 0 atom stereocenters. The molecule has 3 aromatic rings. The second-order valence-electron chi connectivity index (χ2n) is 6.40. The molecule has 6 nitrogen and oxygen atoms in total. The first-order valence-electron chi connectivity index (χ1n) is 9.36. The third-order valence-electron chi connectivity index (χ3n) is 4.41. The molecule has 0 spiro atoms. The smallest absolute Gasteiger partial charge is 0.274 e. The molecule has 1 N–H and O–H groups in total. The number of ether oxygens (including phenoxy) is 1. The van der Waals surface area contributed by atoms with Gasteiger partial charge in [0.25, 0.3) is 11.8 Å². The van der Waals surface area contributed by atoms with Crippen LogP contribution in [0.1, 0.15) is 33.5 Å². The van der Waals surface area contributed by atoms with E-state index in [2.05, 4.69) is 10.3 Å². The van der Waals surface area contributed by atoms with Gasteiger partial charge in [-0.25, -0.2) is 4.98 Å². The Morgan fingerprint density at radius 3 is 2.41 bits per heavy atom. The Bertz CT molecular complexity index is 989. The molecule has 3 rings (SSSR count). The third kappa shape index (κ3) is 5.19. The van der Waals surface area contributed by atoms with Crippen molar-refractivity contribution in [2.75, 3.05) is 19.0 Å². The molecule has 0 aliphatic rings. The lowest BCUT2D eigenvalue weighted by Crippen LogP contribution is -2.31. The first-order valence-corrected chi connectivity index (χ1v) is 9.36. The van der Waals surface area contributed by atoms with Crippen molar-refractivity contribution in [1.29, 1.82) is 0 Å². The molecule has 0 bridgehead atoms. The number of amides is 2. The zero-order chi connectivity index (χ0) is 20.6. The van der Waals surface area contributed by atoms with Crippen LogP contribution in [0.3, 0.4) is 0 Å². The SMILES string of the molecule is CCN(Cc1ccccc1)C(=O)c1cccc(C(=O)Nc2cccc(OC)c2)n1. The minimum atomic E-state index is -0.390. The molecular weight excluding hydrogens is 366 g/mol. The van der Waals surface area contributed by atoms with E-state index in [0.29, 0.717) is 24.5 Å². The van der Waals surface area contributed by atoms with Gasteiger partial charge in [0.1, 0.15) is 17.1 Å². The Labute approximate surface area is 170 Å². The molecule has 0 unspecified atom stereocenters. The fraction of sp³-hybridized carbons (Fsp3) is 0.174. The predicted molar refractivity (Wildman–Crippen MR) is 112 cm³/mol. The van der Waals surface area contributed by atoms with E-state index in [1.807, 2.05) is 37.3 Å². The fourth-order valence-corrected chi connectivity index (χ4v) is 2.87. The second-order valence-corrected chi connectivity index (χ2v) is 6.40. The molecule has 2 aromatic carbocycles. The van der Waals surface area contributed by atoms with Crippen molar-refractivity contribution in [3.63, 3.8) is 0 Å². The quantitative estimate of drug-likeness (QED) is 0.663. The zero-order valence-corrected chi connectivity index (χ0v) is 16.5. The highest BCUT2D eigenvalue weighted by Crippen LogP contribution is 2.17. The van der Waals surface area contributed by atoms with Crippen molar-refractivity contribution in [2.24, 2.45) is 0 Å². The molecule has 1 heterocycles. The summed E-state index contributed by atoms with van der Waals surface area (Å²) in [5.41, 5.74) is 2.04. The standard InChI is InChI=1S/C23H23N3O3/c1-3-26(16-17-9-5-4-6-10-17)23(28)21-14-8-13-20(25-21)22(27)24-18-11-7-12-19(15-18)29-2/h4-15H,3,16H2,1-2H3,(H,24,27). The Balaban J connectivity index is 1.75. The van der Waals surface area contributed by atoms with E-state index in [4.69, 9.17) is 4.74 Å². The van der Waals surface area contributed by atoms with Gasteiger partial charge in [-0.1, -0.05) is 42.5 Å². The summed E-state index contributed by atoms with van der Waals surface area (Å²) in [6.45, 7) is 2.94. The van der Waals surface area contributed by atoms with Gasteiger partial charge in [0.15, 0.2) is 0 Å². The number of carbonyl (C=O) groups excluding carboxylic acids is 2. The summed E-state index contributed by atoms with van der Waals surface area (Å²) in [7, 11) is 1.56. The number of nitrogens with one attached hydrogen (secondary N) is 1. The zero-order valence-electron chi connectivity index (χ0n) is 16.5. The Hall–Kier alpha value is -3.67. The first-order chi connectivity index (χ1) is 14.1. The van der Waals surface area contributed by atoms with Crippen LogP contribution in [0.2, 0.25) is 0 Å². The summed E-state index contributed by atoms with van der Waals surface area (Å²) in [5, 5.41) is 2.78. The lowest BCUT2D eigenvalue weighted by atomic mass is 10.2. The Morgan fingerprint density at radius 2 is 1.69 bits per heavy atom. The van der Waals surface area contributed by atoms with Gasteiger partial charge in [0.05, 0.1) is 7.11 Å². The number of carbonyl (C=O) groups is 2. The van der Waals surface area contributed by atoms with E-state index < -0.39 is 0 Å². The third-order valence-corrected chi connectivity index (χ3v) is 4.41. The highest BCUT2D eigenvalue weighted by Gasteiger charge is 2.18. The van der Waals surface area contributed by atoms with E-state index in [1.54, 1.807) is 54.5 Å². The molecule has 148 valence electrons. The summed E-state index contributed by atoms with van der Waals surface area (Å²) in [5.74, 6) is 0.0329. The van der Waals surface area contributed by atoms with Crippen LogP contribution in [0.4, 0.5) is 5.69 Å². The van der Waals surface area contributed by atoms with Gasteiger partial charge in [-0.3, -0.25) is 9.59 Å². The van der Waals surface area contributed by atoms with E-state index in [-0.39, 0.29) is 23.2 Å². The van der Waals surface area contributed by atoms with Crippen molar-refractivity contribution in [2.45, 2.75) is 13.5 Å². The average Bonchev–Trinajstić information content (AvgIpc) is 2.78. The number of rotatable bonds is 7. The topological polar surface area (TPSA) is 71.5 Å². The van der Waals surface area contributed by atoms with Crippen molar-refractivity contribution in [3.8, 4) is 5.75 Å². The molecule has 0 fully saturated rings. The molecule has 6 heteroatoms. The molecule has 0 saturated carbocycles. The summed E-state index contributed by atoms with van der Waals surface area (Å²) in [4.78, 5) is 31.5. The number of nitrogens with zero attached hydrogens (tertiary/aromatic N) is 2. The summed E-state index contributed by atoms with van der Waals surface area (Å²) < 4.78 is 5.16. The lowest BCUT2D eigenvalue weighted by molar-refractivity contribution is 0.0746. The van der Waals surface area contributed by atoms with Crippen LogP contribution >= 0.6 is 0 Å². The highest BCUT2D eigenvalue weighted by molar-refractivity contribution is 6.04. The van der Waals surface area contributed by atoms with Crippen molar-refractivity contribution in [3.05, 3.63) is 89.7 Å². The van der Waals surface area contributed by atoms with E-state index in [1.165, 1.54) is 0 Å². The first kappa shape index (κ1) is 20.1. The maximum atomic E-state index is 12.9. The number of hydrogen-bond acceptors (Lipinski definition) is 4. The molecule has 2 amide bonds. The van der Waals surface area contributed by atoms with E-state index in [9.17, 15) is 9.59 Å². The molecule has 0 saturated heterocycles. The van der Waals surface area contributed by atoms with Gasteiger partial charge in [0, 0.05) is 24.8 Å². The normalized spacial score (nSPS) is 10.3. The van der Waals surface area contributed by atoms with Crippen LogP contribution in [-0.4, -0.2) is 35.4 Å². The van der Waals surface area contributed by atoms with Gasteiger partial charge in [-0.15, -0.1) is 0 Å². The van der Waals surface area contributed by atoms with Crippen LogP contribution in [0.25, 0.3) is 0 Å². The number of aromatic nitrogens is 1. The van der Waals surface area contributed by atoms with Crippen LogP contribution in [0.5, 0.6) is 5.75 Å². The maximum absolute atomic E-state index is 12.9. The number of hydrogen-bond donors (Lipinski definition) is 1. The lowest BCUT2D eigenvalue weighted by Gasteiger charge is -2.20. The molecular formula is C23H23N3O3. The Morgan fingerprint density at radius 1 is 0.966 bits per heavy atom. The minimum Gasteiger partial charge on any atom is -0.497 e. The monoisotopic (exact) mass is 389 g/mol. The average molecular weight is 389 g/mol. The number of anilines is 1. The minimum absolute atomic E-state index is 0.175. The number of pyridine rings is 1. The highest BCUT2D eigenvalue weighted by atomic mass is 16.5. The molecule has 0 radical (unpaired) electrons. The van der Waals surface area contributed by atoms with E-state index in [0.717, 1.165) is 5.56 Å². The second kappa shape index (κ2) is 9.50. The van der Waals surface area contributed by atoms with Crippen molar-refractivity contribution in [1.82, 2.24) is 9.88 Å². The van der Waals surface area contributed by atoms with Gasteiger partial charge in [-0.2, -0.15) is 0 Å². The largest absolute Gasteiger partial charge is 0.497 e. The van der Waals surface area contributed by atoms with Crippen LogP contribution in [-0.2, 0) is 6.54 Å². The molecule has 0 aliphatic heterocycles. The van der Waals surface area contributed by atoms with Crippen LogP contribution in [0.15, 0.2) is 72.8 Å². The van der Waals surface area contributed by atoms with Gasteiger partial charge < -0.3 is 15.0 Å². The maximum Gasteiger partial charge on any atom is 0.274 e.